The smallest absolute Gasteiger partial charge is 0.336 e. The van der Waals surface area contributed by atoms with Crippen LogP contribution < -0.4 is 0 Å². The first-order chi connectivity index (χ1) is 10.1. The highest BCUT2D eigenvalue weighted by Crippen LogP contribution is 2.15. The van der Waals surface area contributed by atoms with E-state index in [9.17, 15) is 9.59 Å². The number of thiazole rings is 1. The zero-order valence-electron chi connectivity index (χ0n) is 11.2. The molecule has 0 fully saturated rings. The van der Waals surface area contributed by atoms with Crippen molar-refractivity contribution < 1.29 is 14.7 Å². The van der Waals surface area contributed by atoms with E-state index in [1.165, 1.54) is 30.5 Å². The molecule has 0 saturated heterocycles. The Kier molecular flexibility index (Phi) is 4.73. The number of aromatic carboxylic acids is 1. The van der Waals surface area contributed by atoms with Crippen molar-refractivity contribution in [2.45, 2.75) is 6.92 Å². The number of carbonyl (C=O) groups is 2. The molecule has 5 nitrogen and oxygen atoms in total. The Hall–Kier alpha value is -2.60. The van der Waals surface area contributed by atoms with Crippen molar-refractivity contribution in [1.29, 1.82) is 0 Å². The van der Waals surface area contributed by atoms with Crippen LogP contribution in [0.25, 0.3) is 10.9 Å². The van der Waals surface area contributed by atoms with Crippen LogP contribution in [0.2, 0.25) is 0 Å². The van der Waals surface area contributed by atoms with Crippen LogP contribution in [0.5, 0.6) is 0 Å². The molecule has 0 amide bonds. The third-order valence-electron chi connectivity index (χ3n) is 2.61. The molecule has 0 aliphatic rings. The molecule has 0 unspecified atom stereocenters. The highest BCUT2D eigenvalue weighted by Gasteiger charge is 2.06. The van der Waals surface area contributed by atoms with E-state index < -0.39 is 5.97 Å². The predicted molar refractivity (Wildman–Crippen MR) is 80.8 cm³/mol. The molecule has 106 valence electrons. The molecule has 0 aliphatic carbocycles. The molecule has 3 aromatic rings. The molecule has 0 saturated carbocycles. The Bertz CT molecular complexity index is 764. The molecular weight excluding hydrogens is 288 g/mol. The van der Waals surface area contributed by atoms with Crippen LogP contribution >= 0.6 is 11.3 Å². The fourth-order valence-electron chi connectivity index (χ4n) is 1.68. The molecule has 0 radical (unpaired) electrons. The second-order valence-electron chi connectivity index (χ2n) is 4.07. The third kappa shape index (κ3) is 3.70. The van der Waals surface area contributed by atoms with E-state index in [0.717, 1.165) is 0 Å². The summed E-state index contributed by atoms with van der Waals surface area (Å²) in [5.41, 5.74) is 1.01. The number of nitrogens with zero attached hydrogens (tertiary/aromatic N) is 2. The Morgan fingerprint density at radius 3 is 2.43 bits per heavy atom. The lowest BCUT2D eigenvalue weighted by Crippen LogP contribution is -1.97. The maximum absolute atomic E-state index is 10.8. The molecule has 1 aromatic carbocycles. The van der Waals surface area contributed by atoms with Crippen molar-refractivity contribution in [3.63, 3.8) is 0 Å². The largest absolute Gasteiger partial charge is 0.478 e. The number of para-hydroxylation sites is 1. The molecule has 0 bridgehead atoms. The Balaban J connectivity index is 0.000000173. The van der Waals surface area contributed by atoms with Gasteiger partial charge in [0, 0.05) is 30.1 Å². The summed E-state index contributed by atoms with van der Waals surface area (Å²) >= 11 is 1.37. The van der Waals surface area contributed by atoms with Gasteiger partial charge in [0.2, 0.25) is 0 Å². The summed E-state index contributed by atoms with van der Waals surface area (Å²) < 4.78 is 0. The second kappa shape index (κ2) is 6.71. The maximum Gasteiger partial charge on any atom is 0.336 e. The molecule has 2 aromatic heterocycles. The number of carbonyl (C=O) groups excluding carboxylic acids is 1. The van der Waals surface area contributed by atoms with Crippen molar-refractivity contribution in [1.82, 2.24) is 9.97 Å². The van der Waals surface area contributed by atoms with E-state index in [-0.39, 0.29) is 5.78 Å². The number of carboxylic acid groups (broad SMARTS) is 1. The predicted octanol–water partition coefficient (Wildman–Crippen LogP) is 3.28. The number of hydrogen-bond donors (Lipinski definition) is 1. The number of aromatic nitrogens is 2. The van der Waals surface area contributed by atoms with Crippen LogP contribution in [0, 0.1) is 0 Å². The Labute approximate surface area is 124 Å². The fourth-order valence-corrected chi connectivity index (χ4v) is 2.22. The zero-order chi connectivity index (χ0) is 15.2. The molecule has 2 heterocycles. The number of hydrogen-bond acceptors (Lipinski definition) is 5. The first-order valence-electron chi connectivity index (χ1n) is 6.07. The van der Waals surface area contributed by atoms with Gasteiger partial charge in [-0.1, -0.05) is 18.2 Å². The normalized spacial score (nSPS) is 9.76. The van der Waals surface area contributed by atoms with Gasteiger partial charge in [-0.25, -0.2) is 9.78 Å². The van der Waals surface area contributed by atoms with E-state index in [1.807, 2.05) is 6.07 Å². The Morgan fingerprint density at radius 2 is 1.86 bits per heavy atom. The average Bonchev–Trinajstić information content (AvgIpc) is 3.01. The van der Waals surface area contributed by atoms with Gasteiger partial charge in [0.1, 0.15) is 0 Å². The number of rotatable bonds is 2. The van der Waals surface area contributed by atoms with Gasteiger partial charge in [0.05, 0.1) is 11.1 Å². The summed E-state index contributed by atoms with van der Waals surface area (Å²) in [6, 6.07) is 8.69. The maximum atomic E-state index is 10.8. The number of benzene rings is 1. The second-order valence-corrected chi connectivity index (χ2v) is 4.97. The Morgan fingerprint density at radius 1 is 1.10 bits per heavy atom. The standard InChI is InChI=1S/C10H7NO2.C5H5NOS/c12-10(13)8-5-6-11-9-4-2-1-3-7(8)9;1-4(7)5-6-2-3-8-5/h1-6H,(H,12,13);2-3H,1H3. The van der Waals surface area contributed by atoms with E-state index in [0.29, 0.717) is 21.5 Å². The molecule has 0 spiro atoms. The van der Waals surface area contributed by atoms with Crippen molar-refractivity contribution >= 4 is 34.0 Å². The van der Waals surface area contributed by atoms with E-state index in [2.05, 4.69) is 9.97 Å². The highest BCUT2D eigenvalue weighted by molar-refractivity contribution is 7.11. The summed E-state index contributed by atoms with van der Waals surface area (Å²) in [5.74, 6) is -0.876. The van der Waals surface area contributed by atoms with Crippen LogP contribution in [-0.2, 0) is 0 Å². The number of ketones is 1. The SMILES string of the molecule is CC(=O)c1nccs1.O=C(O)c1ccnc2ccccc12. The summed E-state index contributed by atoms with van der Waals surface area (Å²) in [4.78, 5) is 29.1. The van der Waals surface area contributed by atoms with Crippen LogP contribution in [0.15, 0.2) is 48.1 Å². The van der Waals surface area contributed by atoms with Gasteiger partial charge in [-0.3, -0.25) is 9.78 Å². The molecule has 0 aliphatic heterocycles. The van der Waals surface area contributed by atoms with Crippen LogP contribution in [-0.4, -0.2) is 26.8 Å². The number of fused-ring (bicyclic) bond motifs is 1. The summed E-state index contributed by atoms with van der Waals surface area (Å²) in [6.45, 7) is 1.51. The lowest BCUT2D eigenvalue weighted by atomic mass is 10.1. The number of carboxylic acids is 1. The van der Waals surface area contributed by atoms with Crippen LogP contribution in [0.3, 0.4) is 0 Å². The van der Waals surface area contributed by atoms with Gasteiger partial charge in [-0.2, -0.15) is 0 Å². The minimum atomic E-state index is -0.918. The number of pyridine rings is 1. The van der Waals surface area contributed by atoms with E-state index >= 15 is 0 Å². The van der Waals surface area contributed by atoms with Crippen LogP contribution in [0.4, 0.5) is 0 Å². The topological polar surface area (TPSA) is 80.2 Å². The van der Waals surface area contributed by atoms with Crippen LogP contribution in [0.1, 0.15) is 27.1 Å². The lowest BCUT2D eigenvalue weighted by molar-refractivity contribution is 0.0698. The first-order valence-corrected chi connectivity index (χ1v) is 6.95. The van der Waals surface area contributed by atoms with Crippen molar-refractivity contribution in [3.8, 4) is 0 Å². The van der Waals surface area contributed by atoms with Gasteiger partial charge in [0.15, 0.2) is 10.8 Å². The summed E-state index contributed by atoms with van der Waals surface area (Å²) in [7, 11) is 0. The van der Waals surface area contributed by atoms with Crippen molar-refractivity contribution in [3.05, 3.63) is 58.7 Å². The molecule has 6 heteroatoms. The van der Waals surface area contributed by atoms with E-state index in [4.69, 9.17) is 5.11 Å². The van der Waals surface area contributed by atoms with Gasteiger partial charge in [-0.15, -0.1) is 11.3 Å². The molecular formula is C15H12N2O3S. The third-order valence-corrected chi connectivity index (χ3v) is 3.49. The van der Waals surface area contributed by atoms with Crippen molar-refractivity contribution in [2.75, 3.05) is 0 Å². The number of Topliss-reactive ketones (excluding diaryl/α,β-unsaturated/α-hetero) is 1. The minimum absolute atomic E-state index is 0.0417. The summed E-state index contributed by atoms with van der Waals surface area (Å²) in [5, 5.41) is 11.9. The molecule has 3 rings (SSSR count). The van der Waals surface area contributed by atoms with Crippen molar-refractivity contribution in [2.24, 2.45) is 0 Å². The van der Waals surface area contributed by atoms with Gasteiger partial charge < -0.3 is 5.11 Å². The molecule has 1 N–H and O–H groups in total. The molecule has 21 heavy (non-hydrogen) atoms. The fraction of sp³-hybridized carbons (Fsp3) is 0.0667. The quantitative estimate of drug-likeness (QED) is 0.735. The zero-order valence-corrected chi connectivity index (χ0v) is 12.0. The van der Waals surface area contributed by atoms with E-state index in [1.54, 1.807) is 29.8 Å². The van der Waals surface area contributed by atoms with Gasteiger partial charge in [-0.05, 0) is 12.1 Å². The summed E-state index contributed by atoms with van der Waals surface area (Å²) in [6.07, 6.45) is 3.13. The van der Waals surface area contributed by atoms with Gasteiger partial charge in [0.25, 0.3) is 0 Å². The van der Waals surface area contributed by atoms with Gasteiger partial charge >= 0.3 is 5.97 Å². The molecule has 0 atom stereocenters. The minimum Gasteiger partial charge on any atom is -0.478 e. The lowest BCUT2D eigenvalue weighted by Gasteiger charge is -1.99. The average molecular weight is 300 g/mol. The highest BCUT2D eigenvalue weighted by atomic mass is 32.1. The first kappa shape index (κ1) is 14.8. The monoisotopic (exact) mass is 300 g/mol.